The molecule has 0 aliphatic carbocycles. The van der Waals surface area contributed by atoms with E-state index < -0.39 is 12.0 Å². The molecule has 2 amide bonds. The number of carbonyl (C=O) groups is 2. The van der Waals surface area contributed by atoms with Gasteiger partial charge in [0.15, 0.2) is 0 Å². The summed E-state index contributed by atoms with van der Waals surface area (Å²) in [5.74, 6) is -0.200. The molecule has 2 aliphatic rings. The third kappa shape index (κ3) is 2.53. The van der Waals surface area contributed by atoms with Crippen LogP contribution in [0.4, 0.5) is 4.79 Å². The Hall–Kier alpha value is -1.26. The fraction of sp³-hybridized carbons (Fsp3) is 0.833. The maximum Gasteiger partial charge on any atom is 0.326 e. The van der Waals surface area contributed by atoms with Gasteiger partial charge in [0.2, 0.25) is 0 Å². The Morgan fingerprint density at radius 2 is 1.76 bits per heavy atom. The summed E-state index contributed by atoms with van der Waals surface area (Å²) in [6, 6.07) is -0.691. The van der Waals surface area contributed by atoms with Gasteiger partial charge in [-0.3, -0.25) is 0 Å². The van der Waals surface area contributed by atoms with Crippen LogP contribution in [0.3, 0.4) is 0 Å². The maximum absolute atomic E-state index is 12.2. The van der Waals surface area contributed by atoms with Crippen molar-refractivity contribution in [1.29, 1.82) is 0 Å². The van der Waals surface area contributed by atoms with E-state index in [1.54, 1.807) is 4.90 Å². The molecule has 0 bridgehead atoms. The molecule has 17 heavy (non-hydrogen) atoms. The Morgan fingerprint density at radius 1 is 1.12 bits per heavy atom. The molecule has 0 unspecified atom stereocenters. The van der Waals surface area contributed by atoms with Crippen LogP contribution in [0.5, 0.6) is 0 Å². The summed E-state index contributed by atoms with van der Waals surface area (Å²) in [5.41, 5.74) is 0. The lowest BCUT2D eigenvalue weighted by atomic mass is 9.99. The van der Waals surface area contributed by atoms with Crippen LogP contribution in [-0.4, -0.2) is 52.6 Å². The minimum atomic E-state index is -0.874. The van der Waals surface area contributed by atoms with Gasteiger partial charge in [-0.25, -0.2) is 9.59 Å². The molecule has 5 nitrogen and oxygen atoms in total. The van der Waals surface area contributed by atoms with Crippen LogP contribution in [-0.2, 0) is 4.79 Å². The van der Waals surface area contributed by atoms with Crippen LogP contribution >= 0.6 is 0 Å². The summed E-state index contributed by atoms with van der Waals surface area (Å²) in [6.07, 6.45) is 3.44. The summed E-state index contributed by atoms with van der Waals surface area (Å²) < 4.78 is 0. The standard InChI is InChI=1S/C12H20N2O3/c1-9-4-7-13(8-5-9)12(17)14-6-2-3-10(14)11(15)16/h9-10H,2-8H2,1H3,(H,15,16)/t10-/m1/s1. The monoisotopic (exact) mass is 240 g/mol. The number of carboxylic acids is 1. The van der Waals surface area contributed by atoms with Gasteiger partial charge in [-0.2, -0.15) is 0 Å². The van der Waals surface area contributed by atoms with Crippen molar-refractivity contribution < 1.29 is 14.7 Å². The number of likely N-dealkylation sites (tertiary alicyclic amines) is 2. The second-order valence-corrected chi connectivity index (χ2v) is 5.14. The van der Waals surface area contributed by atoms with E-state index >= 15 is 0 Å². The highest BCUT2D eigenvalue weighted by Crippen LogP contribution is 2.22. The Balaban J connectivity index is 1.97. The molecular weight excluding hydrogens is 220 g/mol. The Morgan fingerprint density at radius 3 is 2.35 bits per heavy atom. The summed E-state index contributed by atoms with van der Waals surface area (Å²) in [5, 5.41) is 9.06. The molecule has 1 atom stereocenters. The molecule has 2 aliphatic heterocycles. The number of rotatable bonds is 1. The fourth-order valence-electron chi connectivity index (χ4n) is 2.63. The molecule has 0 saturated carbocycles. The van der Waals surface area contributed by atoms with Crippen molar-refractivity contribution in [3.8, 4) is 0 Å². The van der Waals surface area contributed by atoms with Gasteiger partial charge in [0.05, 0.1) is 0 Å². The number of carbonyl (C=O) groups excluding carboxylic acids is 1. The molecule has 2 heterocycles. The molecule has 5 heteroatoms. The average molecular weight is 240 g/mol. The lowest BCUT2D eigenvalue weighted by Gasteiger charge is -2.34. The minimum Gasteiger partial charge on any atom is -0.480 e. The van der Waals surface area contributed by atoms with Crippen molar-refractivity contribution in [3.63, 3.8) is 0 Å². The number of hydrogen-bond acceptors (Lipinski definition) is 2. The van der Waals surface area contributed by atoms with Gasteiger partial charge in [-0.05, 0) is 31.6 Å². The first kappa shape index (κ1) is 12.2. The van der Waals surface area contributed by atoms with E-state index in [0.717, 1.165) is 32.4 Å². The molecule has 0 aromatic heterocycles. The normalized spacial score (nSPS) is 26.3. The lowest BCUT2D eigenvalue weighted by molar-refractivity contribution is -0.141. The van der Waals surface area contributed by atoms with Crippen molar-refractivity contribution >= 4 is 12.0 Å². The zero-order chi connectivity index (χ0) is 12.4. The predicted octanol–water partition coefficient (Wildman–Crippen LogP) is 1.39. The number of nitrogens with zero attached hydrogens (tertiary/aromatic N) is 2. The number of carboxylic acid groups (broad SMARTS) is 1. The van der Waals surface area contributed by atoms with Gasteiger partial charge in [0, 0.05) is 19.6 Å². The van der Waals surface area contributed by atoms with Crippen molar-refractivity contribution in [2.75, 3.05) is 19.6 Å². The van der Waals surface area contributed by atoms with Gasteiger partial charge in [-0.1, -0.05) is 6.92 Å². The molecule has 2 saturated heterocycles. The van der Waals surface area contributed by atoms with Crippen molar-refractivity contribution in [3.05, 3.63) is 0 Å². The summed E-state index contributed by atoms with van der Waals surface area (Å²) in [7, 11) is 0. The lowest BCUT2D eigenvalue weighted by Crippen LogP contribution is -2.50. The molecule has 0 aromatic rings. The highest BCUT2D eigenvalue weighted by atomic mass is 16.4. The van der Waals surface area contributed by atoms with Crippen LogP contribution in [0.15, 0.2) is 0 Å². The Bertz CT molecular complexity index is 311. The summed E-state index contributed by atoms with van der Waals surface area (Å²) in [4.78, 5) is 26.6. The Kier molecular flexibility index (Phi) is 3.54. The second kappa shape index (κ2) is 4.94. The molecular formula is C12H20N2O3. The van der Waals surface area contributed by atoms with Crippen LogP contribution in [0, 0.1) is 5.92 Å². The fourth-order valence-corrected chi connectivity index (χ4v) is 2.63. The predicted molar refractivity (Wildman–Crippen MR) is 62.7 cm³/mol. The summed E-state index contributed by atoms with van der Waals surface area (Å²) in [6.45, 7) is 4.31. The van der Waals surface area contributed by atoms with Gasteiger partial charge in [-0.15, -0.1) is 0 Å². The van der Waals surface area contributed by atoms with Gasteiger partial charge < -0.3 is 14.9 Å². The van der Waals surface area contributed by atoms with Crippen molar-refractivity contribution in [1.82, 2.24) is 9.80 Å². The first-order valence-electron chi connectivity index (χ1n) is 6.38. The first-order valence-corrected chi connectivity index (χ1v) is 6.38. The second-order valence-electron chi connectivity index (χ2n) is 5.14. The smallest absolute Gasteiger partial charge is 0.326 e. The van der Waals surface area contributed by atoms with E-state index in [0.29, 0.717) is 18.9 Å². The molecule has 1 N–H and O–H groups in total. The maximum atomic E-state index is 12.2. The number of urea groups is 1. The van der Waals surface area contributed by atoms with Crippen molar-refractivity contribution in [2.45, 2.75) is 38.6 Å². The zero-order valence-corrected chi connectivity index (χ0v) is 10.3. The van der Waals surface area contributed by atoms with E-state index in [9.17, 15) is 9.59 Å². The largest absolute Gasteiger partial charge is 0.480 e. The molecule has 2 fully saturated rings. The SMILES string of the molecule is CC1CCN(C(=O)N2CCC[C@@H]2C(=O)O)CC1. The van der Waals surface area contributed by atoms with E-state index in [1.807, 2.05) is 0 Å². The van der Waals surface area contributed by atoms with Crippen LogP contribution < -0.4 is 0 Å². The van der Waals surface area contributed by atoms with Crippen molar-refractivity contribution in [2.24, 2.45) is 5.92 Å². The van der Waals surface area contributed by atoms with E-state index in [1.165, 1.54) is 4.90 Å². The summed E-state index contributed by atoms with van der Waals surface area (Å²) >= 11 is 0. The minimum absolute atomic E-state index is 0.0817. The van der Waals surface area contributed by atoms with Gasteiger partial charge in [0.25, 0.3) is 0 Å². The first-order chi connectivity index (χ1) is 8.09. The highest BCUT2D eigenvalue weighted by molar-refractivity contribution is 5.83. The van der Waals surface area contributed by atoms with E-state index in [4.69, 9.17) is 5.11 Å². The third-order valence-electron chi connectivity index (χ3n) is 3.84. The number of amides is 2. The van der Waals surface area contributed by atoms with Crippen LogP contribution in [0.25, 0.3) is 0 Å². The van der Waals surface area contributed by atoms with Gasteiger partial charge in [0.1, 0.15) is 6.04 Å². The molecule has 2 rings (SSSR count). The highest BCUT2D eigenvalue weighted by Gasteiger charge is 2.36. The third-order valence-corrected chi connectivity index (χ3v) is 3.84. The molecule has 96 valence electrons. The van der Waals surface area contributed by atoms with E-state index in [2.05, 4.69) is 6.92 Å². The average Bonchev–Trinajstić information content (AvgIpc) is 2.78. The number of aliphatic carboxylic acids is 1. The molecule has 0 spiro atoms. The van der Waals surface area contributed by atoms with Crippen LogP contribution in [0.2, 0.25) is 0 Å². The van der Waals surface area contributed by atoms with Crippen LogP contribution in [0.1, 0.15) is 32.6 Å². The van der Waals surface area contributed by atoms with E-state index in [-0.39, 0.29) is 6.03 Å². The zero-order valence-electron chi connectivity index (χ0n) is 10.3. The molecule has 0 radical (unpaired) electrons. The van der Waals surface area contributed by atoms with Gasteiger partial charge >= 0.3 is 12.0 Å². The number of piperidine rings is 1. The topological polar surface area (TPSA) is 60.9 Å². The number of hydrogen-bond donors (Lipinski definition) is 1. The molecule has 0 aromatic carbocycles. The quantitative estimate of drug-likeness (QED) is 0.753. The Labute approximate surface area is 101 Å².